The Balaban J connectivity index is 2.18. The molecule has 2 aromatic carbocycles. The van der Waals surface area contributed by atoms with Gasteiger partial charge in [0.15, 0.2) is 0 Å². The maximum atomic E-state index is 12.5. The number of benzene rings is 2. The normalized spacial score (nSPS) is 10.1. The number of anilines is 3. The molecule has 0 aromatic heterocycles. The Bertz CT molecular complexity index is 846. The molecule has 0 bridgehead atoms. The molecule has 0 aliphatic rings. The van der Waals surface area contributed by atoms with E-state index in [1.165, 1.54) is 14.2 Å². The highest BCUT2D eigenvalue weighted by molar-refractivity contribution is 6.04. The van der Waals surface area contributed by atoms with Crippen molar-refractivity contribution in [1.82, 2.24) is 5.32 Å². The summed E-state index contributed by atoms with van der Waals surface area (Å²) in [6, 6.07) is 9.83. The van der Waals surface area contributed by atoms with E-state index in [1.807, 2.05) is 25.9 Å². The number of nitrogens with zero attached hydrogens (tertiary/aromatic N) is 1. The van der Waals surface area contributed by atoms with Gasteiger partial charge in [0.05, 0.1) is 19.8 Å². The molecule has 0 atom stereocenters. The van der Waals surface area contributed by atoms with Gasteiger partial charge in [-0.05, 0) is 24.6 Å². The fourth-order valence-corrected chi connectivity index (χ4v) is 2.69. The summed E-state index contributed by atoms with van der Waals surface area (Å²) in [5, 5.41) is 8.36. The molecule has 0 radical (unpaired) electrons. The Morgan fingerprint density at radius 2 is 1.55 bits per heavy atom. The van der Waals surface area contributed by atoms with E-state index in [0.717, 1.165) is 12.1 Å². The van der Waals surface area contributed by atoms with Crippen LogP contribution in [0.3, 0.4) is 0 Å². The number of nitrogens with one attached hydrogen (secondary N) is 3. The molecule has 29 heavy (non-hydrogen) atoms. The lowest BCUT2D eigenvalue weighted by Crippen LogP contribution is -2.27. The Morgan fingerprint density at radius 1 is 0.931 bits per heavy atom. The van der Waals surface area contributed by atoms with Crippen LogP contribution in [0.5, 0.6) is 11.5 Å². The molecule has 0 aliphatic carbocycles. The summed E-state index contributed by atoms with van der Waals surface area (Å²) >= 11 is 0. The zero-order valence-corrected chi connectivity index (χ0v) is 17.5. The van der Waals surface area contributed by atoms with Crippen LogP contribution in [0.1, 0.15) is 23.7 Å². The van der Waals surface area contributed by atoms with Gasteiger partial charge in [-0.1, -0.05) is 6.92 Å². The highest BCUT2D eigenvalue weighted by Gasteiger charge is 2.15. The fourth-order valence-electron chi connectivity index (χ4n) is 2.69. The van der Waals surface area contributed by atoms with Crippen molar-refractivity contribution in [1.29, 1.82) is 0 Å². The first-order chi connectivity index (χ1) is 13.9. The number of urea groups is 1. The number of rotatable bonds is 8. The van der Waals surface area contributed by atoms with Crippen LogP contribution in [0.15, 0.2) is 36.4 Å². The van der Waals surface area contributed by atoms with Crippen molar-refractivity contribution in [2.24, 2.45) is 0 Å². The molecule has 0 spiro atoms. The lowest BCUT2D eigenvalue weighted by atomic mass is 10.1. The van der Waals surface area contributed by atoms with Gasteiger partial charge in [-0.3, -0.25) is 4.79 Å². The molecule has 2 rings (SSSR count). The largest absolute Gasteiger partial charge is 0.497 e. The lowest BCUT2D eigenvalue weighted by molar-refractivity contribution is 0.0954. The van der Waals surface area contributed by atoms with Gasteiger partial charge < -0.3 is 30.3 Å². The van der Waals surface area contributed by atoms with Gasteiger partial charge in [0.25, 0.3) is 5.91 Å². The summed E-state index contributed by atoms with van der Waals surface area (Å²) in [6.45, 7) is 2.57. The minimum absolute atomic E-state index is 0.183. The van der Waals surface area contributed by atoms with Crippen LogP contribution < -0.4 is 30.3 Å². The summed E-state index contributed by atoms with van der Waals surface area (Å²) in [5.41, 5.74) is 2.28. The van der Waals surface area contributed by atoms with Gasteiger partial charge in [0.2, 0.25) is 0 Å². The second-order valence-corrected chi connectivity index (χ2v) is 6.56. The molecule has 3 amide bonds. The third-order valence-corrected chi connectivity index (χ3v) is 4.13. The molecule has 0 aliphatic heterocycles. The smallest absolute Gasteiger partial charge is 0.323 e. The SMILES string of the molecule is CCCNC(=O)c1cc(NC(=O)Nc2cc(OC)cc(OC)c2)ccc1N(C)C. The summed E-state index contributed by atoms with van der Waals surface area (Å²) in [5.74, 6) is 0.937. The average Bonchev–Trinajstić information content (AvgIpc) is 2.71. The number of hydrogen-bond donors (Lipinski definition) is 3. The van der Waals surface area contributed by atoms with E-state index in [2.05, 4.69) is 16.0 Å². The Hall–Kier alpha value is -3.42. The third-order valence-electron chi connectivity index (χ3n) is 4.13. The Morgan fingerprint density at radius 3 is 2.10 bits per heavy atom. The minimum Gasteiger partial charge on any atom is -0.497 e. The molecule has 0 unspecified atom stereocenters. The van der Waals surface area contributed by atoms with Crippen LogP contribution >= 0.6 is 0 Å². The second-order valence-electron chi connectivity index (χ2n) is 6.56. The van der Waals surface area contributed by atoms with Crippen molar-refractivity contribution >= 4 is 29.0 Å². The molecule has 0 saturated carbocycles. The standard InChI is InChI=1S/C21H28N4O4/c1-6-9-22-20(26)18-12-14(7-8-19(18)25(2)3)23-21(27)24-15-10-16(28-4)13-17(11-15)29-5/h7-8,10-13H,6,9H2,1-5H3,(H,22,26)(H2,23,24,27). The topological polar surface area (TPSA) is 91.9 Å². The van der Waals surface area contributed by atoms with Gasteiger partial charge in [-0.25, -0.2) is 4.79 Å². The van der Waals surface area contributed by atoms with Gasteiger partial charge in [0, 0.05) is 55.9 Å². The number of methoxy groups -OCH3 is 2. The zero-order valence-electron chi connectivity index (χ0n) is 17.5. The molecule has 3 N–H and O–H groups in total. The van der Waals surface area contributed by atoms with Crippen LogP contribution in [0, 0.1) is 0 Å². The fraction of sp³-hybridized carbons (Fsp3) is 0.333. The summed E-state index contributed by atoms with van der Waals surface area (Å²) in [6.07, 6.45) is 0.841. The van der Waals surface area contributed by atoms with Gasteiger partial charge in [-0.2, -0.15) is 0 Å². The quantitative estimate of drug-likeness (QED) is 0.630. The molecule has 0 fully saturated rings. The van der Waals surface area contributed by atoms with E-state index in [-0.39, 0.29) is 5.91 Å². The number of carbonyl (C=O) groups excluding carboxylic acids is 2. The first-order valence-electron chi connectivity index (χ1n) is 9.28. The maximum Gasteiger partial charge on any atom is 0.323 e. The summed E-state index contributed by atoms with van der Waals surface area (Å²) in [4.78, 5) is 26.8. The maximum absolute atomic E-state index is 12.5. The van der Waals surface area contributed by atoms with Gasteiger partial charge >= 0.3 is 6.03 Å². The van der Waals surface area contributed by atoms with Crippen LogP contribution in [0.4, 0.5) is 21.9 Å². The van der Waals surface area contributed by atoms with Crippen LogP contribution in [0.25, 0.3) is 0 Å². The van der Waals surface area contributed by atoms with Crippen molar-refractivity contribution in [3.63, 3.8) is 0 Å². The van der Waals surface area contributed by atoms with E-state index in [0.29, 0.717) is 35.0 Å². The average molecular weight is 400 g/mol. The number of hydrogen-bond acceptors (Lipinski definition) is 5. The molecular weight excluding hydrogens is 372 g/mol. The predicted octanol–water partition coefficient (Wildman–Crippen LogP) is 3.55. The lowest BCUT2D eigenvalue weighted by Gasteiger charge is -2.18. The number of amides is 3. The third kappa shape index (κ3) is 6.03. The molecule has 0 saturated heterocycles. The zero-order chi connectivity index (χ0) is 21.4. The Kier molecular flexibility index (Phi) is 7.70. The minimum atomic E-state index is -0.446. The van der Waals surface area contributed by atoms with Gasteiger partial charge in [0.1, 0.15) is 11.5 Å². The number of ether oxygens (including phenoxy) is 2. The predicted molar refractivity (Wildman–Crippen MR) is 116 cm³/mol. The van der Waals surface area contributed by atoms with Crippen LogP contribution in [0.2, 0.25) is 0 Å². The first kappa shape index (κ1) is 21.9. The summed E-state index contributed by atoms with van der Waals surface area (Å²) in [7, 11) is 6.80. The van der Waals surface area contributed by atoms with E-state index in [4.69, 9.17) is 9.47 Å². The first-order valence-corrected chi connectivity index (χ1v) is 9.28. The number of carbonyl (C=O) groups is 2. The Labute approximate surface area is 171 Å². The molecule has 2 aromatic rings. The van der Waals surface area contributed by atoms with Crippen molar-refractivity contribution < 1.29 is 19.1 Å². The highest BCUT2D eigenvalue weighted by atomic mass is 16.5. The second kappa shape index (κ2) is 10.2. The van der Waals surface area contributed by atoms with Crippen molar-refractivity contribution in [2.45, 2.75) is 13.3 Å². The molecule has 8 nitrogen and oxygen atoms in total. The summed E-state index contributed by atoms with van der Waals surface area (Å²) < 4.78 is 10.4. The van der Waals surface area contributed by atoms with E-state index in [1.54, 1.807) is 36.4 Å². The van der Waals surface area contributed by atoms with Crippen molar-refractivity contribution in [3.05, 3.63) is 42.0 Å². The van der Waals surface area contributed by atoms with Crippen molar-refractivity contribution in [2.75, 3.05) is 50.4 Å². The molecule has 8 heteroatoms. The monoisotopic (exact) mass is 400 g/mol. The van der Waals surface area contributed by atoms with E-state index < -0.39 is 6.03 Å². The highest BCUT2D eigenvalue weighted by Crippen LogP contribution is 2.26. The molecule has 0 heterocycles. The van der Waals surface area contributed by atoms with Crippen LogP contribution in [-0.4, -0.2) is 46.8 Å². The molecular formula is C21H28N4O4. The van der Waals surface area contributed by atoms with Crippen molar-refractivity contribution in [3.8, 4) is 11.5 Å². The molecule has 156 valence electrons. The van der Waals surface area contributed by atoms with E-state index in [9.17, 15) is 9.59 Å². The van der Waals surface area contributed by atoms with Crippen LogP contribution in [-0.2, 0) is 0 Å². The van der Waals surface area contributed by atoms with Gasteiger partial charge in [-0.15, -0.1) is 0 Å². The van der Waals surface area contributed by atoms with E-state index >= 15 is 0 Å².